The zero-order valence-electron chi connectivity index (χ0n) is 15.5. The van der Waals surface area contributed by atoms with Gasteiger partial charge in [0.05, 0.1) is 18.1 Å². The Hall–Kier alpha value is -3.19. The number of nitrogens with zero attached hydrogens (tertiary/aromatic N) is 4. The van der Waals surface area contributed by atoms with Gasteiger partial charge < -0.3 is 19.5 Å². The summed E-state index contributed by atoms with van der Waals surface area (Å²) in [6.07, 6.45) is 3.49. The van der Waals surface area contributed by atoms with Gasteiger partial charge in [0, 0.05) is 37.0 Å². The minimum absolute atomic E-state index is 0.256. The van der Waals surface area contributed by atoms with Crippen LogP contribution in [0.25, 0.3) is 21.9 Å². The van der Waals surface area contributed by atoms with Gasteiger partial charge in [-0.05, 0) is 31.3 Å². The molecular weight excluding hydrogens is 357 g/mol. The fourth-order valence-corrected chi connectivity index (χ4v) is 3.58. The zero-order valence-corrected chi connectivity index (χ0v) is 15.5. The lowest BCUT2D eigenvalue weighted by atomic mass is 10.2. The molecule has 3 aromatic heterocycles. The molecule has 1 N–H and O–H groups in total. The molecule has 28 heavy (non-hydrogen) atoms. The molecule has 0 bridgehead atoms. The van der Waals surface area contributed by atoms with Gasteiger partial charge in [-0.1, -0.05) is 12.1 Å². The smallest absolute Gasteiger partial charge is 0.171 e. The van der Waals surface area contributed by atoms with E-state index in [-0.39, 0.29) is 11.4 Å². The number of piperazine rings is 1. The van der Waals surface area contributed by atoms with Gasteiger partial charge in [-0.3, -0.25) is 0 Å². The van der Waals surface area contributed by atoms with Gasteiger partial charge in [0.1, 0.15) is 11.6 Å². The van der Waals surface area contributed by atoms with E-state index in [2.05, 4.69) is 38.2 Å². The number of pyridine rings is 2. The van der Waals surface area contributed by atoms with Crippen LogP contribution in [0.4, 0.5) is 21.7 Å². The number of aromatic nitrogens is 2. The Bertz CT molecular complexity index is 1130. The molecule has 4 heterocycles. The van der Waals surface area contributed by atoms with Crippen LogP contribution < -0.4 is 10.2 Å². The zero-order chi connectivity index (χ0) is 19.1. The first kappa shape index (κ1) is 16.9. The monoisotopic (exact) mass is 377 g/mol. The normalized spacial score (nSPS) is 15.4. The summed E-state index contributed by atoms with van der Waals surface area (Å²) in [7, 11) is 2.14. The number of nitrogens with one attached hydrogen (secondary N) is 1. The van der Waals surface area contributed by atoms with Crippen LogP contribution >= 0.6 is 0 Å². The van der Waals surface area contributed by atoms with Crippen molar-refractivity contribution < 1.29 is 8.81 Å². The molecule has 0 radical (unpaired) electrons. The summed E-state index contributed by atoms with van der Waals surface area (Å²) >= 11 is 0. The maximum absolute atomic E-state index is 13.9. The first-order chi connectivity index (χ1) is 13.7. The van der Waals surface area contributed by atoms with E-state index in [0.717, 1.165) is 42.6 Å². The molecule has 0 spiro atoms. The standard InChI is InChI=1S/C21H20FN5O/c1-26-7-9-27(10-8-26)14-5-6-19(23-12-14)25-20-11-16-15-3-2-4-17(22)21(15)28-18(16)13-24-20/h2-6,11-13H,7-10H2,1H3,(H,23,24,25). The van der Waals surface area contributed by atoms with Crippen LogP contribution in [0.2, 0.25) is 0 Å². The van der Waals surface area contributed by atoms with Gasteiger partial charge in [0.15, 0.2) is 17.0 Å². The van der Waals surface area contributed by atoms with Crippen LogP contribution in [0.3, 0.4) is 0 Å². The summed E-state index contributed by atoms with van der Waals surface area (Å²) < 4.78 is 19.5. The Kier molecular flexibility index (Phi) is 4.09. The van der Waals surface area contributed by atoms with Crippen molar-refractivity contribution in [3.8, 4) is 0 Å². The lowest BCUT2D eigenvalue weighted by Crippen LogP contribution is -2.44. The topological polar surface area (TPSA) is 57.4 Å². The number of benzene rings is 1. The number of likely N-dealkylation sites (N-methyl/N-ethyl adjacent to an activating group) is 1. The molecule has 0 aliphatic carbocycles. The fraction of sp³-hybridized carbons (Fsp3) is 0.238. The molecule has 5 rings (SSSR count). The Morgan fingerprint density at radius 2 is 1.79 bits per heavy atom. The Labute approximate surface area is 161 Å². The second kappa shape index (κ2) is 6.76. The van der Waals surface area contributed by atoms with Crippen molar-refractivity contribution in [1.82, 2.24) is 14.9 Å². The number of rotatable bonds is 3. The van der Waals surface area contributed by atoms with E-state index in [1.807, 2.05) is 24.4 Å². The molecule has 1 aliphatic heterocycles. The number of anilines is 3. The summed E-state index contributed by atoms with van der Waals surface area (Å²) in [4.78, 5) is 13.6. The van der Waals surface area contributed by atoms with E-state index in [4.69, 9.17) is 4.42 Å². The minimum Gasteiger partial charge on any atom is -0.451 e. The summed E-state index contributed by atoms with van der Waals surface area (Å²) in [5.41, 5.74) is 1.94. The number of halogens is 1. The average Bonchev–Trinajstić information content (AvgIpc) is 3.09. The highest BCUT2D eigenvalue weighted by molar-refractivity contribution is 6.05. The molecule has 0 saturated carbocycles. The molecule has 1 aliphatic rings. The molecule has 1 fully saturated rings. The summed E-state index contributed by atoms with van der Waals surface area (Å²) in [5.74, 6) is 0.979. The van der Waals surface area contributed by atoms with Gasteiger partial charge in [-0.2, -0.15) is 0 Å². The highest BCUT2D eigenvalue weighted by Gasteiger charge is 2.15. The van der Waals surface area contributed by atoms with Crippen molar-refractivity contribution >= 4 is 39.3 Å². The average molecular weight is 377 g/mol. The second-order valence-corrected chi connectivity index (χ2v) is 7.10. The number of hydrogen-bond donors (Lipinski definition) is 1. The van der Waals surface area contributed by atoms with Gasteiger partial charge in [0.25, 0.3) is 0 Å². The third-order valence-electron chi connectivity index (χ3n) is 5.21. The molecule has 0 unspecified atom stereocenters. The summed E-state index contributed by atoms with van der Waals surface area (Å²) in [5, 5.41) is 4.77. The molecule has 0 atom stereocenters. The number of para-hydroxylation sites is 1. The molecule has 6 nitrogen and oxygen atoms in total. The highest BCUT2D eigenvalue weighted by atomic mass is 19.1. The molecule has 142 valence electrons. The van der Waals surface area contributed by atoms with Gasteiger partial charge in [-0.15, -0.1) is 0 Å². The van der Waals surface area contributed by atoms with Crippen molar-refractivity contribution in [2.24, 2.45) is 0 Å². The van der Waals surface area contributed by atoms with Crippen LogP contribution in [0.5, 0.6) is 0 Å². The number of fused-ring (bicyclic) bond motifs is 3. The lowest BCUT2D eigenvalue weighted by Gasteiger charge is -2.33. The Morgan fingerprint density at radius 3 is 2.57 bits per heavy atom. The first-order valence-corrected chi connectivity index (χ1v) is 9.31. The van der Waals surface area contributed by atoms with Crippen molar-refractivity contribution in [3.05, 3.63) is 54.6 Å². The second-order valence-electron chi connectivity index (χ2n) is 7.10. The summed E-state index contributed by atoms with van der Waals surface area (Å²) in [6, 6.07) is 10.8. The van der Waals surface area contributed by atoms with E-state index in [9.17, 15) is 4.39 Å². The van der Waals surface area contributed by atoms with E-state index < -0.39 is 0 Å². The SMILES string of the molecule is CN1CCN(c2ccc(Nc3cc4c(cn3)oc3c(F)cccc34)nc2)CC1. The van der Waals surface area contributed by atoms with Crippen molar-refractivity contribution in [3.63, 3.8) is 0 Å². The van der Waals surface area contributed by atoms with E-state index in [1.54, 1.807) is 12.3 Å². The largest absolute Gasteiger partial charge is 0.451 e. The number of furan rings is 1. The third kappa shape index (κ3) is 3.03. The van der Waals surface area contributed by atoms with Crippen molar-refractivity contribution in [2.75, 3.05) is 43.4 Å². The summed E-state index contributed by atoms with van der Waals surface area (Å²) in [6.45, 7) is 4.13. The predicted molar refractivity (Wildman–Crippen MR) is 109 cm³/mol. The van der Waals surface area contributed by atoms with E-state index >= 15 is 0 Å². The van der Waals surface area contributed by atoms with E-state index in [0.29, 0.717) is 17.2 Å². The first-order valence-electron chi connectivity index (χ1n) is 9.31. The van der Waals surface area contributed by atoms with E-state index in [1.165, 1.54) is 6.07 Å². The van der Waals surface area contributed by atoms with Crippen molar-refractivity contribution in [1.29, 1.82) is 0 Å². The fourth-order valence-electron chi connectivity index (χ4n) is 3.58. The molecule has 4 aromatic rings. The maximum atomic E-state index is 13.9. The lowest BCUT2D eigenvalue weighted by molar-refractivity contribution is 0.313. The minimum atomic E-state index is -0.371. The van der Waals surface area contributed by atoms with Crippen LogP contribution in [-0.4, -0.2) is 48.1 Å². The molecule has 1 saturated heterocycles. The number of hydrogen-bond acceptors (Lipinski definition) is 6. The van der Waals surface area contributed by atoms with Crippen molar-refractivity contribution in [2.45, 2.75) is 0 Å². The van der Waals surface area contributed by atoms with Gasteiger partial charge in [-0.25, -0.2) is 14.4 Å². The molecule has 0 amide bonds. The van der Waals surface area contributed by atoms with Gasteiger partial charge >= 0.3 is 0 Å². The Balaban J connectivity index is 1.39. The Morgan fingerprint density at radius 1 is 0.964 bits per heavy atom. The molecular formula is C21H20FN5O. The molecule has 1 aromatic carbocycles. The predicted octanol–water partition coefficient (Wildman–Crippen LogP) is 4.01. The van der Waals surface area contributed by atoms with Crippen LogP contribution in [0.1, 0.15) is 0 Å². The van der Waals surface area contributed by atoms with Crippen LogP contribution in [-0.2, 0) is 0 Å². The van der Waals surface area contributed by atoms with Crippen LogP contribution in [0, 0.1) is 5.82 Å². The maximum Gasteiger partial charge on any atom is 0.171 e. The van der Waals surface area contributed by atoms with Crippen LogP contribution in [0.15, 0.2) is 53.2 Å². The molecule has 7 heteroatoms. The highest BCUT2D eigenvalue weighted by Crippen LogP contribution is 2.31. The van der Waals surface area contributed by atoms with Gasteiger partial charge in [0.2, 0.25) is 0 Å². The third-order valence-corrected chi connectivity index (χ3v) is 5.21. The quantitative estimate of drug-likeness (QED) is 0.582.